The van der Waals surface area contributed by atoms with Crippen LogP contribution in [0.5, 0.6) is 5.75 Å². The highest BCUT2D eigenvalue weighted by Gasteiger charge is 2.20. The summed E-state index contributed by atoms with van der Waals surface area (Å²) in [6, 6.07) is 4.34. The molecule has 0 aliphatic rings. The Bertz CT molecular complexity index is 568. The lowest BCUT2D eigenvalue weighted by atomic mass is 10.0. The third-order valence-electron chi connectivity index (χ3n) is 2.89. The van der Waals surface area contributed by atoms with Gasteiger partial charge in [-0.25, -0.2) is 9.82 Å². The van der Waals surface area contributed by atoms with Crippen molar-refractivity contribution in [2.24, 2.45) is 12.9 Å². The van der Waals surface area contributed by atoms with Crippen molar-refractivity contribution < 1.29 is 9.13 Å². The van der Waals surface area contributed by atoms with E-state index in [9.17, 15) is 4.39 Å². The minimum atomic E-state index is -0.432. The molecule has 1 aromatic heterocycles. The number of aryl methyl sites for hydroxylation is 1. The number of nitrogens with zero attached hydrogens (tertiary/aromatic N) is 2. The molecule has 0 fully saturated rings. The summed E-state index contributed by atoms with van der Waals surface area (Å²) in [5.74, 6) is 5.35. The molecule has 2 rings (SSSR count). The number of nitrogens with one attached hydrogen (secondary N) is 1. The van der Waals surface area contributed by atoms with Crippen LogP contribution in [0.15, 0.2) is 28.9 Å². The Morgan fingerprint density at radius 2 is 2.26 bits per heavy atom. The van der Waals surface area contributed by atoms with E-state index in [4.69, 9.17) is 10.6 Å². The van der Waals surface area contributed by atoms with Gasteiger partial charge >= 0.3 is 0 Å². The van der Waals surface area contributed by atoms with E-state index in [1.165, 1.54) is 13.2 Å². The minimum absolute atomic E-state index is 0.198. The summed E-state index contributed by atoms with van der Waals surface area (Å²) < 4.78 is 21.1. The highest BCUT2D eigenvalue weighted by atomic mass is 79.9. The second-order valence-electron chi connectivity index (χ2n) is 4.00. The van der Waals surface area contributed by atoms with Crippen LogP contribution in [0, 0.1) is 5.82 Å². The predicted octanol–water partition coefficient (Wildman–Crippen LogP) is 1.88. The van der Waals surface area contributed by atoms with Gasteiger partial charge in [0, 0.05) is 7.05 Å². The summed E-state index contributed by atoms with van der Waals surface area (Å²) in [5.41, 5.74) is 4.17. The Hall–Kier alpha value is -1.44. The quantitative estimate of drug-likeness (QED) is 0.664. The summed E-state index contributed by atoms with van der Waals surface area (Å²) >= 11 is 3.41. The molecule has 0 saturated heterocycles. The molecule has 0 bridgehead atoms. The summed E-state index contributed by atoms with van der Waals surface area (Å²) in [5, 5.41) is 4.12. The lowest BCUT2D eigenvalue weighted by Crippen LogP contribution is -2.30. The predicted molar refractivity (Wildman–Crippen MR) is 73.0 cm³/mol. The Balaban J connectivity index is 2.46. The number of hydrogen-bond donors (Lipinski definition) is 2. The average molecular weight is 329 g/mol. The number of hydrazine groups is 1. The van der Waals surface area contributed by atoms with Crippen molar-refractivity contribution in [2.45, 2.75) is 6.04 Å². The van der Waals surface area contributed by atoms with E-state index >= 15 is 0 Å². The SMILES string of the molecule is COc1ccc(C(NN)c2c(Br)cnn2C)cc1F. The van der Waals surface area contributed by atoms with Gasteiger partial charge in [0.15, 0.2) is 11.6 Å². The van der Waals surface area contributed by atoms with Crippen LogP contribution in [0.25, 0.3) is 0 Å². The smallest absolute Gasteiger partial charge is 0.165 e. The summed E-state index contributed by atoms with van der Waals surface area (Å²) in [7, 11) is 3.22. The minimum Gasteiger partial charge on any atom is -0.494 e. The van der Waals surface area contributed by atoms with Crippen molar-refractivity contribution >= 4 is 15.9 Å². The monoisotopic (exact) mass is 328 g/mol. The normalized spacial score (nSPS) is 12.5. The fraction of sp³-hybridized carbons (Fsp3) is 0.250. The Labute approximate surface area is 118 Å². The van der Waals surface area contributed by atoms with Crippen molar-refractivity contribution in [3.8, 4) is 5.75 Å². The van der Waals surface area contributed by atoms with Crippen molar-refractivity contribution in [1.29, 1.82) is 0 Å². The lowest BCUT2D eigenvalue weighted by Gasteiger charge is -2.18. The van der Waals surface area contributed by atoms with Gasteiger partial charge in [0.05, 0.1) is 29.5 Å². The van der Waals surface area contributed by atoms with Crippen LogP contribution in [0.3, 0.4) is 0 Å². The molecule has 0 aliphatic carbocycles. The van der Waals surface area contributed by atoms with Crippen molar-refractivity contribution in [2.75, 3.05) is 7.11 Å². The molecule has 0 amide bonds. The first kappa shape index (κ1) is 14.0. The first-order valence-electron chi connectivity index (χ1n) is 5.55. The van der Waals surface area contributed by atoms with Crippen LogP contribution in [-0.4, -0.2) is 16.9 Å². The van der Waals surface area contributed by atoms with E-state index in [0.717, 1.165) is 10.2 Å². The molecule has 2 aromatic rings. The van der Waals surface area contributed by atoms with E-state index in [-0.39, 0.29) is 11.8 Å². The largest absolute Gasteiger partial charge is 0.494 e. The second kappa shape index (κ2) is 5.68. The molecular formula is C12H14BrFN4O. The zero-order valence-electron chi connectivity index (χ0n) is 10.5. The fourth-order valence-electron chi connectivity index (χ4n) is 1.94. The average Bonchev–Trinajstić information content (AvgIpc) is 2.72. The Morgan fingerprint density at radius 1 is 1.53 bits per heavy atom. The van der Waals surface area contributed by atoms with Gasteiger partial charge in [0.2, 0.25) is 0 Å². The van der Waals surface area contributed by atoms with Crippen LogP contribution in [0.1, 0.15) is 17.3 Å². The van der Waals surface area contributed by atoms with Crippen LogP contribution in [0.2, 0.25) is 0 Å². The number of rotatable bonds is 4. The van der Waals surface area contributed by atoms with Gasteiger partial charge in [-0.15, -0.1) is 0 Å². The van der Waals surface area contributed by atoms with E-state index < -0.39 is 5.82 Å². The zero-order valence-corrected chi connectivity index (χ0v) is 12.1. The maximum absolute atomic E-state index is 13.8. The molecule has 3 N–H and O–H groups in total. The van der Waals surface area contributed by atoms with E-state index in [1.807, 2.05) is 0 Å². The van der Waals surface area contributed by atoms with Gasteiger partial charge in [-0.2, -0.15) is 5.10 Å². The number of aromatic nitrogens is 2. The molecule has 1 aromatic carbocycles. The molecule has 0 radical (unpaired) electrons. The van der Waals surface area contributed by atoms with Gasteiger partial charge in [-0.3, -0.25) is 10.5 Å². The first-order valence-corrected chi connectivity index (χ1v) is 6.34. The zero-order chi connectivity index (χ0) is 14.0. The van der Waals surface area contributed by atoms with E-state index in [2.05, 4.69) is 26.5 Å². The van der Waals surface area contributed by atoms with Crippen LogP contribution in [-0.2, 0) is 7.05 Å². The van der Waals surface area contributed by atoms with Crippen LogP contribution in [0.4, 0.5) is 4.39 Å². The summed E-state index contributed by atoms with van der Waals surface area (Å²) in [6.07, 6.45) is 1.67. The lowest BCUT2D eigenvalue weighted by molar-refractivity contribution is 0.385. The third kappa shape index (κ3) is 2.63. The molecule has 0 aliphatic heterocycles. The standard InChI is InChI=1S/C12H14BrFN4O/c1-18-12(8(13)6-16-18)11(17-15)7-3-4-10(19-2)9(14)5-7/h3-6,11,17H,15H2,1-2H3. The summed E-state index contributed by atoms with van der Waals surface area (Å²) in [4.78, 5) is 0. The van der Waals surface area contributed by atoms with Gasteiger partial charge < -0.3 is 4.74 Å². The van der Waals surface area contributed by atoms with E-state index in [1.54, 1.807) is 30.1 Å². The number of halogens is 2. The van der Waals surface area contributed by atoms with Crippen molar-refractivity contribution in [1.82, 2.24) is 15.2 Å². The number of nitrogens with two attached hydrogens (primary N) is 1. The fourth-order valence-corrected chi connectivity index (χ4v) is 2.52. The number of ether oxygens (including phenoxy) is 1. The van der Waals surface area contributed by atoms with Crippen molar-refractivity contribution in [3.63, 3.8) is 0 Å². The van der Waals surface area contributed by atoms with Crippen LogP contribution < -0.4 is 16.0 Å². The highest BCUT2D eigenvalue weighted by molar-refractivity contribution is 9.10. The van der Waals surface area contributed by atoms with Gasteiger partial charge in [0.25, 0.3) is 0 Å². The molecule has 102 valence electrons. The molecule has 7 heteroatoms. The topological polar surface area (TPSA) is 65.1 Å². The van der Waals surface area contributed by atoms with E-state index in [0.29, 0.717) is 5.56 Å². The first-order chi connectivity index (χ1) is 9.08. The molecule has 19 heavy (non-hydrogen) atoms. The maximum atomic E-state index is 13.8. The second-order valence-corrected chi connectivity index (χ2v) is 4.85. The highest BCUT2D eigenvalue weighted by Crippen LogP contribution is 2.29. The molecule has 1 atom stereocenters. The Morgan fingerprint density at radius 3 is 2.74 bits per heavy atom. The van der Waals surface area contributed by atoms with Gasteiger partial charge in [-0.05, 0) is 33.6 Å². The van der Waals surface area contributed by atoms with Crippen molar-refractivity contribution in [3.05, 3.63) is 45.9 Å². The Kier molecular flexibility index (Phi) is 4.18. The molecule has 1 heterocycles. The van der Waals surface area contributed by atoms with Crippen LogP contribution >= 0.6 is 15.9 Å². The molecule has 1 unspecified atom stereocenters. The third-order valence-corrected chi connectivity index (χ3v) is 3.50. The molecule has 0 spiro atoms. The molecular weight excluding hydrogens is 315 g/mol. The van der Waals surface area contributed by atoms with Gasteiger partial charge in [-0.1, -0.05) is 6.07 Å². The van der Waals surface area contributed by atoms with Gasteiger partial charge in [0.1, 0.15) is 0 Å². The maximum Gasteiger partial charge on any atom is 0.165 e. The summed E-state index contributed by atoms with van der Waals surface area (Å²) in [6.45, 7) is 0. The molecule has 0 saturated carbocycles. The molecule has 5 nitrogen and oxygen atoms in total. The number of benzene rings is 1. The number of methoxy groups -OCH3 is 1. The number of hydrogen-bond acceptors (Lipinski definition) is 4.